The van der Waals surface area contributed by atoms with Crippen molar-refractivity contribution in [2.24, 2.45) is 15.9 Å². The average Bonchev–Trinajstić information content (AvgIpc) is 3.37. The van der Waals surface area contributed by atoms with Gasteiger partial charge in [0.1, 0.15) is 5.84 Å². The Bertz CT molecular complexity index is 1180. The van der Waals surface area contributed by atoms with Gasteiger partial charge in [0, 0.05) is 49.3 Å². The van der Waals surface area contributed by atoms with Crippen LogP contribution in [0.2, 0.25) is 0 Å². The van der Waals surface area contributed by atoms with E-state index in [-0.39, 0.29) is 24.8 Å². The van der Waals surface area contributed by atoms with Crippen LogP contribution in [0, 0.1) is 4.91 Å². The first-order valence-corrected chi connectivity index (χ1v) is 12.7. The molecule has 2 aromatic carbocycles. The second kappa shape index (κ2) is 11.7. The number of benzene rings is 2. The molecule has 2 aliphatic heterocycles. The lowest BCUT2D eigenvalue weighted by molar-refractivity contribution is -0.127. The summed E-state index contributed by atoms with van der Waals surface area (Å²) in [5.74, 6) is 0.374. The Kier molecular flexibility index (Phi) is 8.25. The molecule has 8 heteroatoms. The van der Waals surface area contributed by atoms with E-state index in [0.717, 1.165) is 49.0 Å². The number of amidine groups is 1. The number of hydrogen-bond donors (Lipinski definition) is 1. The molecule has 1 saturated heterocycles. The molecule has 0 bridgehead atoms. The fourth-order valence-corrected chi connectivity index (χ4v) is 4.73. The second-order valence-electron chi connectivity index (χ2n) is 9.30. The first kappa shape index (κ1) is 25.3. The van der Waals surface area contributed by atoms with E-state index >= 15 is 0 Å². The third-order valence-corrected chi connectivity index (χ3v) is 6.59. The molecule has 0 radical (unpaired) electrons. The first-order valence-electron chi connectivity index (χ1n) is 12.7. The summed E-state index contributed by atoms with van der Waals surface area (Å²) in [5.41, 5.74) is 11.0. The van der Waals surface area contributed by atoms with Crippen LogP contribution in [0.25, 0.3) is 17.2 Å². The Morgan fingerprint density at radius 1 is 1.06 bits per heavy atom. The highest BCUT2D eigenvalue weighted by molar-refractivity contribution is 6.05. The monoisotopic (exact) mass is 487 g/mol. The number of fused-ring (bicyclic) bond motifs is 1. The van der Waals surface area contributed by atoms with Crippen molar-refractivity contribution in [1.82, 2.24) is 9.80 Å². The smallest absolute Gasteiger partial charge is 0.253 e. The lowest BCUT2D eigenvalue weighted by atomic mass is 9.99. The fourth-order valence-electron chi connectivity index (χ4n) is 4.73. The number of carbonyl (C=O) groups excluding carboxylic acids is 2. The number of amides is 2. The van der Waals surface area contributed by atoms with Gasteiger partial charge in [-0.25, -0.2) is 4.99 Å². The van der Waals surface area contributed by atoms with Gasteiger partial charge in [0.25, 0.3) is 5.91 Å². The van der Waals surface area contributed by atoms with E-state index in [1.54, 1.807) is 4.90 Å². The second-order valence-corrected chi connectivity index (χ2v) is 9.30. The van der Waals surface area contributed by atoms with Crippen LogP contribution in [0.3, 0.4) is 0 Å². The molecule has 8 nitrogen and oxygen atoms in total. The maximum atomic E-state index is 13.3. The predicted octanol–water partition coefficient (Wildman–Crippen LogP) is 4.76. The summed E-state index contributed by atoms with van der Waals surface area (Å²) in [7, 11) is 0. The van der Waals surface area contributed by atoms with Crippen molar-refractivity contribution in [3.63, 3.8) is 0 Å². The molecule has 0 atom stereocenters. The number of nitrogens with zero attached hydrogens (tertiary/aromatic N) is 4. The Morgan fingerprint density at radius 2 is 1.78 bits per heavy atom. The molecule has 2 heterocycles. The van der Waals surface area contributed by atoms with Crippen molar-refractivity contribution < 1.29 is 9.59 Å². The van der Waals surface area contributed by atoms with Gasteiger partial charge in [0.05, 0.1) is 12.2 Å². The molecule has 2 aromatic rings. The summed E-state index contributed by atoms with van der Waals surface area (Å²) in [6.45, 7) is 4.95. The molecule has 0 unspecified atom stereocenters. The molecule has 0 aliphatic carbocycles. The van der Waals surface area contributed by atoms with Gasteiger partial charge < -0.3 is 15.5 Å². The van der Waals surface area contributed by atoms with Crippen molar-refractivity contribution in [2.45, 2.75) is 39.0 Å². The quantitative estimate of drug-likeness (QED) is 0.406. The van der Waals surface area contributed by atoms with Crippen LogP contribution in [0.5, 0.6) is 0 Å². The lowest BCUT2D eigenvalue weighted by Crippen LogP contribution is -2.35. The molecule has 2 N–H and O–H groups in total. The maximum Gasteiger partial charge on any atom is 0.253 e. The van der Waals surface area contributed by atoms with Crippen molar-refractivity contribution in [3.05, 3.63) is 64.1 Å². The Hall–Kier alpha value is -3.81. The summed E-state index contributed by atoms with van der Waals surface area (Å²) < 4.78 is 0. The van der Waals surface area contributed by atoms with E-state index in [1.165, 1.54) is 0 Å². The van der Waals surface area contributed by atoms with E-state index < -0.39 is 0 Å². The predicted molar refractivity (Wildman–Crippen MR) is 143 cm³/mol. The zero-order chi connectivity index (χ0) is 25.5. The van der Waals surface area contributed by atoms with Crippen LogP contribution >= 0.6 is 0 Å². The van der Waals surface area contributed by atoms with Gasteiger partial charge in [0.15, 0.2) is 0 Å². The Balaban J connectivity index is 1.56. The van der Waals surface area contributed by atoms with Crippen LogP contribution in [0.1, 0.15) is 54.9 Å². The highest BCUT2D eigenvalue weighted by Crippen LogP contribution is 2.32. The molecule has 4 rings (SSSR count). The van der Waals surface area contributed by atoms with Gasteiger partial charge in [0.2, 0.25) is 5.91 Å². The summed E-state index contributed by atoms with van der Waals surface area (Å²) in [6, 6.07) is 13.6. The normalized spacial score (nSPS) is 15.0. The molecule has 2 aliphatic rings. The lowest BCUT2D eigenvalue weighted by Gasteiger charge is -2.23. The zero-order valence-electron chi connectivity index (χ0n) is 20.8. The fraction of sp³-hybridized carbons (Fsp3) is 0.393. The van der Waals surface area contributed by atoms with Gasteiger partial charge in [-0.3, -0.25) is 9.59 Å². The van der Waals surface area contributed by atoms with E-state index in [4.69, 9.17) is 5.73 Å². The first-order chi connectivity index (χ1) is 17.5. The molecule has 1 fully saturated rings. The van der Waals surface area contributed by atoms with Crippen LogP contribution in [-0.4, -0.2) is 60.2 Å². The van der Waals surface area contributed by atoms with Gasteiger partial charge in [-0.2, -0.15) is 4.91 Å². The van der Waals surface area contributed by atoms with Crippen molar-refractivity contribution in [1.29, 1.82) is 0 Å². The van der Waals surface area contributed by atoms with Crippen LogP contribution < -0.4 is 5.73 Å². The maximum absolute atomic E-state index is 13.3. The number of rotatable bonds is 9. The third kappa shape index (κ3) is 5.87. The summed E-state index contributed by atoms with van der Waals surface area (Å²) in [5, 5.41) is 2.90. The topological polar surface area (TPSA) is 108 Å². The number of carbonyl (C=O) groups is 2. The molecule has 0 saturated carbocycles. The number of nitroso groups, excluding NO2 is 1. The minimum atomic E-state index is -0.0870. The highest BCUT2D eigenvalue weighted by Gasteiger charge is 2.22. The molecule has 2 amide bonds. The molecule has 0 aromatic heterocycles. The molecule has 188 valence electrons. The standard InChI is InChI=1S/C28H33N5O3/c1-2-13-32(16-5-12-30-36)28(35)24-17-23-11-10-22(18-25(23)31-26(29)19-24)20-6-8-21(9-7-20)27(34)33-14-3-4-15-33/h6-11,17-18H,2-5,12-16,19H2,1H3,(H2,29,31). The van der Waals surface area contributed by atoms with Crippen molar-refractivity contribution in [2.75, 3.05) is 32.7 Å². The van der Waals surface area contributed by atoms with E-state index in [0.29, 0.717) is 42.2 Å². The van der Waals surface area contributed by atoms with Gasteiger partial charge in [-0.05, 0) is 61.1 Å². The molecule has 0 spiro atoms. The Morgan fingerprint density at radius 3 is 2.47 bits per heavy atom. The van der Waals surface area contributed by atoms with Crippen molar-refractivity contribution in [3.8, 4) is 11.1 Å². The largest absolute Gasteiger partial charge is 0.387 e. The van der Waals surface area contributed by atoms with Gasteiger partial charge >= 0.3 is 0 Å². The molecular weight excluding hydrogens is 454 g/mol. The van der Waals surface area contributed by atoms with E-state index in [2.05, 4.69) is 10.2 Å². The highest BCUT2D eigenvalue weighted by atomic mass is 16.3. The average molecular weight is 488 g/mol. The minimum Gasteiger partial charge on any atom is -0.387 e. The number of hydrogen-bond acceptors (Lipinski definition) is 6. The van der Waals surface area contributed by atoms with E-state index in [1.807, 2.05) is 60.4 Å². The van der Waals surface area contributed by atoms with Crippen LogP contribution in [0.4, 0.5) is 5.69 Å². The molecular formula is C28H33N5O3. The number of aliphatic imine (C=N–C) groups is 1. The van der Waals surface area contributed by atoms with Crippen LogP contribution in [-0.2, 0) is 4.79 Å². The van der Waals surface area contributed by atoms with Gasteiger partial charge in [-0.1, -0.05) is 36.4 Å². The summed E-state index contributed by atoms with van der Waals surface area (Å²) >= 11 is 0. The summed E-state index contributed by atoms with van der Waals surface area (Å²) in [6.07, 6.45) is 5.62. The Labute approximate surface area is 211 Å². The number of likely N-dealkylation sites (tertiary alicyclic amines) is 1. The minimum absolute atomic E-state index is 0.0835. The summed E-state index contributed by atoms with van der Waals surface area (Å²) in [4.78, 5) is 44.6. The molecule has 36 heavy (non-hydrogen) atoms. The zero-order valence-corrected chi connectivity index (χ0v) is 20.8. The van der Waals surface area contributed by atoms with E-state index in [9.17, 15) is 14.5 Å². The van der Waals surface area contributed by atoms with Crippen LogP contribution in [0.15, 0.2) is 58.2 Å². The van der Waals surface area contributed by atoms with Gasteiger partial charge in [-0.15, -0.1) is 0 Å². The van der Waals surface area contributed by atoms with Crippen molar-refractivity contribution >= 4 is 29.4 Å². The number of nitrogens with two attached hydrogens (primary N) is 1. The third-order valence-electron chi connectivity index (χ3n) is 6.59. The SMILES string of the molecule is CCCN(CCCN=O)C(=O)C1=Cc2ccc(-c3ccc(C(=O)N4CCCC4)cc3)cc2N=C(N)C1.